The first-order valence-corrected chi connectivity index (χ1v) is 7.45. The van der Waals surface area contributed by atoms with E-state index in [1.165, 1.54) is 6.42 Å². The van der Waals surface area contributed by atoms with Gasteiger partial charge in [-0.15, -0.1) is 0 Å². The van der Waals surface area contributed by atoms with E-state index in [1.807, 2.05) is 25.7 Å². The van der Waals surface area contributed by atoms with Crippen LogP contribution >= 0.6 is 12.2 Å². The largest absolute Gasteiger partial charge is 0.444 e. The van der Waals surface area contributed by atoms with Crippen LogP contribution in [0.15, 0.2) is 0 Å². The van der Waals surface area contributed by atoms with E-state index in [2.05, 4.69) is 0 Å². The van der Waals surface area contributed by atoms with Gasteiger partial charge in [-0.05, 0) is 58.8 Å². The Bertz CT molecular complexity index is 326. The Balaban J connectivity index is 2.37. The molecule has 2 N–H and O–H groups in total. The molecule has 1 fully saturated rings. The maximum Gasteiger partial charge on any atom is 0.410 e. The van der Waals surface area contributed by atoms with Gasteiger partial charge in [-0.2, -0.15) is 0 Å². The van der Waals surface area contributed by atoms with Crippen LogP contribution < -0.4 is 5.73 Å². The molecule has 110 valence electrons. The highest BCUT2D eigenvalue weighted by Crippen LogP contribution is 2.23. The van der Waals surface area contributed by atoms with Crippen LogP contribution in [-0.2, 0) is 4.74 Å². The van der Waals surface area contributed by atoms with Crippen LogP contribution in [0, 0.1) is 5.92 Å². The van der Waals surface area contributed by atoms with Gasteiger partial charge >= 0.3 is 6.09 Å². The fraction of sp³-hybridized carbons (Fsp3) is 0.857. The highest BCUT2D eigenvalue weighted by Gasteiger charge is 2.27. The van der Waals surface area contributed by atoms with Crippen LogP contribution in [0.3, 0.4) is 0 Å². The number of thiocarbonyl (C=S) groups is 1. The predicted octanol–water partition coefficient (Wildman–Crippen LogP) is 3.09. The van der Waals surface area contributed by atoms with Gasteiger partial charge in [0, 0.05) is 13.1 Å². The molecule has 0 bridgehead atoms. The van der Waals surface area contributed by atoms with Crippen LogP contribution in [-0.4, -0.2) is 34.7 Å². The van der Waals surface area contributed by atoms with Crippen LogP contribution in [0.5, 0.6) is 0 Å². The van der Waals surface area contributed by atoms with E-state index in [0.29, 0.717) is 10.9 Å². The first-order chi connectivity index (χ1) is 8.78. The highest BCUT2D eigenvalue weighted by atomic mass is 32.1. The highest BCUT2D eigenvalue weighted by molar-refractivity contribution is 7.80. The second kappa shape index (κ2) is 7.08. The summed E-state index contributed by atoms with van der Waals surface area (Å²) in [5.74, 6) is 0.551. The second-order valence-corrected chi connectivity index (χ2v) is 6.82. The number of carbonyl (C=O) groups is 1. The first kappa shape index (κ1) is 16.2. The molecule has 1 rings (SSSR count). The Morgan fingerprint density at radius 3 is 2.74 bits per heavy atom. The molecule has 5 heteroatoms. The minimum Gasteiger partial charge on any atom is -0.444 e. The molecule has 1 heterocycles. The zero-order valence-electron chi connectivity index (χ0n) is 12.3. The zero-order valence-corrected chi connectivity index (χ0v) is 13.1. The molecule has 0 saturated carbocycles. The lowest BCUT2D eigenvalue weighted by Gasteiger charge is -2.34. The lowest BCUT2D eigenvalue weighted by molar-refractivity contribution is 0.0161. The minimum atomic E-state index is -0.421. The van der Waals surface area contributed by atoms with Gasteiger partial charge < -0.3 is 15.4 Å². The van der Waals surface area contributed by atoms with Gasteiger partial charge in [-0.3, -0.25) is 0 Å². The van der Waals surface area contributed by atoms with Gasteiger partial charge in [0.05, 0.1) is 4.99 Å². The summed E-state index contributed by atoms with van der Waals surface area (Å²) >= 11 is 4.88. The monoisotopic (exact) mass is 286 g/mol. The average molecular weight is 286 g/mol. The summed E-state index contributed by atoms with van der Waals surface area (Å²) in [4.78, 5) is 14.4. The van der Waals surface area contributed by atoms with Gasteiger partial charge in [0.15, 0.2) is 0 Å². The molecule has 0 aliphatic carbocycles. The summed E-state index contributed by atoms with van der Waals surface area (Å²) < 4.78 is 5.41. The number of hydrogen-bond donors (Lipinski definition) is 1. The number of likely N-dealkylation sites (tertiary alicyclic amines) is 1. The number of carbonyl (C=O) groups excluding carboxylic acids is 1. The Morgan fingerprint density at radius 2 is 2.16 bits per heavy atom. The van der Waals surface area contributed by atoms with Gasteiger partial charge in [-0.25, -0.2) is 4.79 Å². The normalized spacial score (nSPS) is 20.2. The molecule has 1 unspecified atom stereocenters. The molecular weight excluding hydrogens is 260 g/mol. The average Bonchev–Trinajstić information content (AvgIpc) is 2.26. The fourth-order valence-corrected chi connectivity index (χ4v) is 2.50. The van der Waals surface area contributed by atoms with E-state index in [1.54, 1.807) is 0 Å². The van der Waals surface area contributed by atoms with E-state index < -0.39 is 5.60 Å². The number of rotatable bonds is 4. The summed E-state index contributed by atoms with van der Waals surface area (Å²) in [6.45, 7) is 7.30. The Morgan fingerprint density at radius 1 is 1.47 bits per heavy atom. The van der Waals surface area contributed by atoms with Gasteiger partial charge in [0.25, 0.3) is 0 Å². The summed E-state index contributed by atoms with van der Waals surface area (Å²) in [7, 11) is 0. The summed E-state index contributed by atoms with van der Waals surface area (Å²) in [6.07, 6.45) is 4.94. The van der Waals surface area contributed by atoms with Crippen molar-refractivity contribution in [3.8, 4) is 0 Å². The lowest BCUT2D eigenvalue weighted by atomic mass is 9.93. The molecule has 1 aliphatic rings. The maximum atomic E-state index is 12.0. The van der Waals surface area contributed by atoms with Crippen molar-refractivity contribution in [1.29, 1.82) is 0 Å². The number of nitrogens with zero attached hydrogens (tertiary/aromatic N) is 1. The van der Waals surface area contributed by atoms with Crippen molar-refractivity contribution in [1.82, 2.24) is 4.90 Å². The van der Waals surface area contributed by atoms with Crippen molar-refractivity contribution in [3.63, 3.8) is 0 Å². The third-order valence-corrected chi connectivity index (χ3v) is 3.41. The summed E-state index contributed by atoms with van der Waals surface area (Å²) in [5.41, 5.74) is 5.08. The number of piperidine rings is 1. The molecule has 1 amide bonds. The van der Waals surface area contributed by atoms with E-state index in [0.717, 1.165) is 38.8 Å². The smallest absolute Gasteiger partial charge is 0.410 e. The van der Waals surface area contributed by atoms with Gasteiger partial charge in [0.2, 0.25) is 0 Å². The van der Waals surface area contributed by atoms with E-state index in [4.69, 9.17) is 22.7 Å². The van der Waals surface area contributed by atoms with Crippen molar-refractivity contribution in [2.75, 3.05) is 13.1 Å². The Kier molecular flexibility index (Phi) is 6.04. The standard InChI is InChI=1S/C14H26N2O2S/c1-14(2,3)18-13(17)16-9-5-7-11(10-16)6-4-8-12(15)19/h11H,4-10H2,1-3H3,(H2,15,19). The molecule has 1 atom stereocenters. The quantitative estimate of drug-likeness (QED) is 0.807. The third kappa shape index (κ3) is 6.76. The van der Waals surface area contributed by atoms with E-state index in [-0.39, 0.29) is 6.09 Å². The molecule has 0 aromatic rings. The zero-order chi connectivity index (χ0) is 14.5. The van der Waals surface area contributed by atoms with Crippen molar-refractivity contribution in [2.24, 2.45) is 11.7 Å². The molecule has 4 nitrogen and oxygen atoms in total. The number of ether oxygens (including phenoxy) is 1. The van der Waals surface area contributed by atoms with Crippen molar-refractivity contribution in [2.45, 2.75) is 58.5 Å². The van der Waals surface area contributed by atoms with Crippen molar-refractivity contribution < 1.29 is 9.53 Å². The number of nitrogens with two attached hydrogens (primary N) is 1. The lowest BCUT2D eigenvalue weighted by Crippen LogP contribution is -2.42. The van der Waals surface area contributed by atoms with Crippen LogP contribution in [0.2, 0.25) is 0 Å². The third-order valence-electron chi connectivity index (χ3n) is 3.21. The van der Waals surface area contributed by atoms with Gasteiger partial charge in [-0.1, -0.05) is 12.2 Å². The van der Waals surface area contributed by atoms with Crippen molar-refractivity contribution in [3.05, 3.63) is 0 Å². The van der Waals surface area contributed by atoms with Crippen LogP contribution in [0.1, 0.15) is 52.9 Å². The van der Waals surface area contributed by atoms with E-state index >= 15 is 0 Å². The molecule has 0 aromatic carbocycles. The second-order valence-electron chi connectivity index (χ2n) is 6.29. The van der Waals surface area contributed by atoms with Crippen molar-refractivity contribution >= 4 is 23.3 Å². The summed E-state index contributed by atoms with van der Waals surface area (Å²) in [5, 5.41) is 0. The van der Waals surface area contributed by atoms with E-state index in [9.17, 15) is 4.79 Å². The molecule has 0 aromatic heterocycles. The van der Waals surface area contributed by atoms with Gasteiger partial charge in [0.1, 0.15) is 5.60 Å². The topological polar surface area (TPSA) is 55.6 Å². The molecule has 0 spiro atoms. The first-order valence-electron chi connectivity index (χ1n) is 7.04. The Hall–Kier alpha value is -0.840. The number of hydrogen-bond acceptors (Lipinski definition) is 3. The van der Waals surface area contributed by atoms with Crippen LogP contribution in [0.25, 0.3) is 0 Å². The minimum absolute atomic E-state index is 0.188. The summed E-state index contributed by atoms with van der Waals surface area (Å²) in [6, 6.07) is 0. The van der Waals surface area contributed by atoms with Crippen LogP contribution in [0.4, 0.5) is 4.79 Å². The fourth-order valence-electron chi connectivity index (χ4n) is 2.36. The SMILES string of the molecule is CC(C)(C)OC(=O)N1CCCC(CCCC(N)=S)C1. The molecule has 19 heavy (non-hydrogen) atoms. The molecule has 1 aliphatic heterocycles. The molecular formula is C14H26N2O2S. The maximum absolute atomic E-state index is 12.0. The molecule has 0 radical (unpaired) electrons. The Labute approximate surface area is 121 Å². The number of amides is 1. The molecule has 1 saturated heterocycles. The predicted molar refractivity (Wildman–Crippen MR) is 81.2 cm³/mol.